The van der Waals surface area contributed by atoms with E-state index in [0.29, 0.717) is 6.42 Å². The molecule has 1 spiro atoms. The average Bonchev–Trinajstić information content (AvgIpc) is 2.92. The van der Waals surface area contributed by atoms with Crippen LogP contribution < -0.4 is 9.80 Å². The topological polar surface area (TPSA) is 23.6 Å². The summed E-state index contributed by atoms with van der Waals surface area (Å²) in [4.78, 5) is 17.9. The van der Waals surface area contributed by atoms with Crippen LogP contribution in [0.3, 0.4) is 0 Å². The van der Waals surface area contributed by atoms with Crippen LogP contribution in [0.15, 0.2) is 78.9 Å². The molecular formula is C24H22N2O. The smallest absolute Gasteiger partial charge is 0.240 e. The number of nitrogens with zero attached hydrogens (tertiary/aromatic N) is 2. The fourth-order valence-electron chi connectivity index (χ4n) is 5.12. The van der Waals surface area contributed by atoms with Crippen molar-refractivity contribution < 1.29 is 4.79 Å². The predicted molar refractivity (Wildman–Crippen MR) is 109 cm³/mol. The van der Waals surface area contributed by atoms with Gasteiger partial charge in [-0.2, -0.15) is 0 Å². The Hall–Kier alpha value is -3.07. The number of carbonyl (C=O) groups excluding carboxylic acids is 1. The summed E-state index contributed by atoms with van der Waals surface area (Å²) in [5.74, 6) is 0.180. The minimum atomic E-state index is -0.615. The summed E-state index contributed by atoms with van der Waals surface area (Å²) in [5, 5.41) is 0. The fraction of sp³-hybridized carbons (Fsp3) is 0.208. The van der Waals surface area contributed by atoms with Gasteiger partial charge >= 0.3 is 0 Å². The van der Waals surface area contributed by atoms with Crippen molar-refractivity contribution in [1.29, 1.82) is 0 Å². The minimum absolute atomic E-state index is 0.0489. The first-order valence-corrected chi connectivity index (χ1v) is 9.38. The Morgan fingerprint density at radius 3 is 2.22 bits per heavy atom. The monoisotopic (exact) mass is 354 g/mol. The predicted octanol–water partition coefficient (Wildman–Crippen LogP) is 4.33. The van der Waals surface area contributed by atoms with Gasteiger partial charge in [-0.3, -0.25) is 4.79 Å². The number of likely N-dealkylation sites (N-methyl/N-ethyl adjacent to an activating group) is 2. The molecule has 2 atom stereocenters. The molecule has 0 aliphatic carbocycles. The maximum absolute atomic E-state index is 13.8. The van der Waals surface area contributed by atoms with Crippen molar-refractivity contribution in [2.45, 2.75) is 17.9 Å². The number of anilines is 2. The third-order valence-corrected chi connectivity index (χ3v) is 6.24. The summed E-state index contributed by atoms with van der Waals surface area (Å²) in [6, 6.07) is 27.1. The van der Waals surface area contributed by atoms with Gasteiger partial charge < -0.3 is 9.80 Å². The Morgan fingerprint density at radius 1 is 0.815 bits per heavy atom. The van der Waals surface area contributed by atoms with Crippen molar-refractivity contribution >= 4 is 17.3 Å². The Labute approximate surface area is 159 Å². The van der Waals surface area contributed by atoms with Crippen LogP contribution in [0, 0.1) is 0 Å². The number of fused-ring (bicyclic) bond motifs is 3. The maximum atomic E-state index is 13.8. The number of hydrogen-bond donors (Lipinski definition) is 0. The average molecular weight is 354 g/mol. The fourth-order valence-corrected chi connectivity index (χ4v) is 5.12. The Morgan fingerprint density at radius 2 is 1.44 bits per heavy atom. The molecule has 2 aliphatic heterocycles. The zero-order valence-electron chi connectivity index (χ0n) is 15.6. The van der Waals surface area contributed by atoms with E-state index in [1.165, 1.54) is 16.8 Å². The van der Waals surface area contributed by atoms with Gasteiger partial charge in [-0.25, -0.2) is 0 Å². The molecule has 0 bridgehead atoms. The molecule has 3 nitrogen and oxygen atoms in total. The van der Waals surface area contributed by atoms with Crippen molar-refractivity contribution in [3.8, 4) is 0 Å². The highest BCUT2D eigenvalue weighted by Crippen LogP contribution is 2.56. The first-order valence-electron chi connectivity index (χ1n) is 9.38. The molecule has 3 aromatic rings. The van der Waals surface area contributed by atoms with Gasteiger partial charge in [-0.1, -0.05) is 66.7 Å². The van der Waals surface area contributed by atoms with E-state index < -0.39 is 5.41 Å². The molecule has 1 amide bonds. The molecule has 0 fully saturated rings. The van der Waals surface area contributed by atoms with E-state index in [1.807, 2.05) is 24.1 Å². The standard InChI is InChI=1S/C24H22N2O/c1-25-20-14-8-6-12-18(20)16-24(22(25)17-10-4-3-5-11-17)19-13-7-9-15-21(19)26(2)23(24)27/h3-15,22H,16H2,1-2H3. The molecule has 27 heavy (non-hydrogen) atoms. The molecule has 0 aromatic heterocycles. The quantitative estimate of drug-likeness (QED) is 0.649. The second-order valence-electron chi connectivity index (χ2n) is 7.58. The normalized spacial score (nSPS) is 23.5. The van der Waals surface area contributed by atoms with E-state index in [-0.39, 0.29) is 11.9 Å². The highest BCUT2D eigenvalue weighted by molar-refractivity contribution is 6.09. The molecule has 0 N–H and O–H groups in total. The molecule has 0 radical (unpaired) electrons. The molecule has 0 saturated heterocycles. The first-order chi connectivity index (χ1) is 13.1. The van der Waals surface area contributed by atoms with E-state index in [4.69, 9.17) is 0 Å². The van der Waals surface area contributed by atoms with Crippen molar-refractivity contribution in [3.05, 3.63) is 95.6 Å². The summed E-state index contributed by atoms with van der Waals surface area (Å²) in [6.45, 7) is 0. The Balaban J connectivity index is 1.83. The van der Waals surface area contributed by atoms with Crippen LogP contribution in [0.25, 0.3) is 0 Å². The summed E-state index contributed by atoms with van der Waals surface area (Å²) in [6.07, 6.45) is 0.716. The van der Waals surface area contributed by atoms with E-state index in [0.717, 1.165) is 11.3 Å². The first kappa shape index (κ1) is 16.1. The Bertz CT molecular complexity index is 1030. The molecule has 2 heterocycles. The summed E-state index contributed by atoms with van der Waals surface area (Å²) in [5.41, 5.74) is 5.15. The van der Waals surface area contributed by atoms with E-state index in [1.54, 1.807) is 0 Å². The van der Waals surface area contributed by atoms with Gasteiger partial charge in [-0.05, 0) is 35.2 Å². The maximum Gasteiger partial charge on any atom is 0.240 e. The molecule has 5 rings (SSSR count). The van der Waals surface area contributed by atoms with Crippen LogP contribution in [0.5, 0.6) is 0 Å². The van der Waals surface area contributed by atoms with Crippen molar-refractivity contribution in [1.82, 2.24) is 0 Å². The number of para-hydroxylation sites is 2. The zero-order chi connectivity index (χ0) is 18.6. The van der Waals surface area contributed by atoms with E-state index >= 15 is 0 Å². The summed E-state index contributed by atoms with van der Waals surface area (Å²) >= 11 is 0. The third-order valence-electron chi connectivity index (χ3n) is 6.24. The second kappa shape index (κ2) is 5.71. The van der Waals surface area contributed by atoms with Crippen LogP contribution in [0.2, 0.25) is 0 Å². The lowest BCUT2D eigenvalue weighted by Gasteiger charge is -2.47. The highest BCUT2D eigenvalue weighted by atomic mass is 16.2. The third kappa shape index (κ3) is 2.05. The van der Waals surface area contributed by atoms with Crippen LogP contribution in [0.1, 0.15) is 22.7 Å². The van der Waals surface area contributed by atoms with Crippen molar-refractivity contribution in [2.75, 3.05) is 23.9 Å². The molecule has 2 aliphatic rings. The van der Waals surface area contributed by atoms with Crippen LogP contribution in [-0.4, -0.2) is 20.0 Å². The number of hydrogen-bond acceptors (Lipinski definition) is 2. The van der Waals surface area contributed by atoms with Gasteiger partial charge in [-0.15, -0.1) is 0 Å². The minimum Gasteiger partial charge on any atom is -0.366 e. The van der Waals surface area contributed by atoms with Gasteiger partial charge in [0.05, 0.1) is 6.04 Å². The van der Waals surface area contributed by atoms with Gasteiger partial charge in [0.25, 0.3) is 0 Å². The largest absolute Gasteiger partial charge is 0.366 e. The van der Waals surface area contributed by atoms with Crippen LogP contribution in [0.4, 0.5) is 11.4 Å². The van der Waals surface area contributed by atoms with E-state index in [2.05, 4.69) is 78.7 Å². The van der Waals surface area contributed by atoms with Gasteiger partial charge in [0.1, 0.15) is 5.41 Å². The molecular weight excluding hydrogens is 332 g/mol. The lowest BCUT2D eigenvalue weighted by Crippen LogP contribution is -2.53. The van der Waals surface area contributed by atoms with Gasteiger partial charge in [0.15, 0.2) is 0 Å². The lowest BCUT2D eigenvalue weighted by atomic mass is 9.65. The summed E-state index contributed by atoms with van der Waals surface area (Å²) < 4.78 is 0. The number of benzene rings is 3. The highest BCUT2D eigenvalue weighted by Gasteiger charge is 2.58. The van der Waals surface area contributed by atoms with E-state index in [9.17, 15) is 4.79 Å². The SMILES string of the molecule is CN1C(=O)C2(Cc3ccccc3N(C)C2c2ccccc2)c2ccccc21. The summed E-state index contributed by atoms with van der Waals surface area (Å²) in [7, 11) is 4.02. The number of amides is 1. The van der Waals surface area contributed by atoms with Crippen LogP contribution in [-0.2, 0) is 16.6 Å². The zero-order valence-corrected chi connectivity index (χ0v) is 15.6. The van der Waals surface area contributed by atoms with Crippen LogP contribution >= 0.6 is 0 Å². The number of rotatable bonds is 1. The lowest BCUT2D eigenvalue weighted by molar-refractivity contribution is -0.124. The van der Waals surface area contributed by atoms with Gasteiger partial charge in [0.2, 0.25) is 5.91 Å². The van der Waals surface area contributed by atoms with Crippen molar-refractivity contribution in [2.24, 2.45) is 0 Å². The molecule has 3 heteroatoms. The molecule has 3 aromatic carbocycles. The molecule has 2 unspecified atom stereocenters. The second-order valence-corrected chi connectivity index (χ2v) is 7.58. The van der Waals surface area contributed by atoms with Gasteiger partial charge in [0, 0.05) is 25.5 Å². The number of carbonyl (C=O) groups is 1. The van der Waals surface area contributed by atoms with Crippen molar-refractivity contribution in [3.63, 3.8) is 0 Å². The molecule has 134 valence electrons. The molecule has 0 saturated carbocycles. The Kier molecular flexibility index (Phi) is 3.41.